The summed E-state index contributed by atoms with van der Waals surface area (Å²) in [5.41, 5.74) is 1.36. The van der Waals surface area contributed by atoms with Gasteiger partial charge >= 0.3 is 17.9 Å². The maximum Gasteiger partial charge on any atom is 0.343 e. The van der Waals surface area contributed by atoms with E-state index in [1.807, 2.05) is 0 Å². The average Bonchev–Trinajstić information content (AvgIpc) is 2.79. The molecule has 2 aromatic carbocycles. The molecule has 0 aliphatic rings. The number of ether oxygens (including phenoxy) is 5. The van der Waals surface area contributed by atoms with E-state index in [1.54, 1.807) is 32.0 Å². The van der Waals surface area contributed by atoms with E-state index in [-0.39, 0.29) is 18.8 Å². The Labute approximate surface area is 192 Å². The van der Waals surface area contributed by atoms with Gasteiger partial charge in [0.05, 0.1) is 18.8 Å². The highest BCUT2D eigenvalue weighted by Gasteiger charge is 2.13. The van der Waals surface area contributed by atoms with Gasteiger partial charge in [-0.3, -0.25) is 0 Å². The third kappa shape index (κ3) is 8.62. The van der Waals surface area contributed by atoms with Crippen molar-refractivity contribution in [1.82, 2.24) is 0 Å². The first-order valence-corrected chi connectivity index (χ1v) is 10.1. The van der Waals surface area contributed by atoms with Crippen LogP contribution in [0.15, 0.2) is 67.3 Å². The normalized spacial score (nSPS) is 10.1. The Morgan fingerprint density at radius 3 is 2.09 bits per heavy atom. The lowest BCUT2D eigenvalue weighted by atomic mass is 10.1. The molecule has 8 nitrogen and oxygen atoms in total. The van der Waals surface area contributed by atoms with Gasteiger partial charge in [-0.05, 0) is 61.9 Å². The Balaban J connectivity index is 1.81. The molecule has 0 bridgehead atoms. The molecular weight excluding hydrogens is 428 g/mol. The summed E-state index contributed by atoms with van der Waals surface area (Å²) >= 11 is 0. The molecule has 0 aliphatic carbocycles. The molecule has 2 rings (SSSR count). The molecule has 0 saturated carbocycles. The molecule has 0 aliphatic heterocycles. The molecule has 0 amide bonds. The first-order valence-electron chi connectivity index (χ1n) is 10.1. The van der Waals surface area contributed by atoms with Crippen LogP contribution in [-0.2, 0) is 19.1 Å². The minimum Gasteiger partial charge on any atom is -0.491 e. The van der Waals surface area contributed by atoms with Gasteiger partial charge in [-0.15, -0.1) is 0 Å². The summed E-state index contributed by atoms with van der Waals surface area (Å²) in [6.45, 7) is 11.1. The smallest absolute Gasteiger partial charge is 0.343 e. The Hall–Kier alpha value is -3.91. The molecule has 0 unspecified atom stereocenters. The number of aryl methyl sites for hydroxylation is 1. The summed E-state index contributed by atoms with van der Waals surface area (Å²) in [5.74, 6) is -0.339. The predicted octanol–water partition coefficient (Wildman–Crippen LogP) is 3.82. The van der Waals surface area contributed by atoms with Crippen LogP contribution in [0.3, 0.4) is 0 Å². The van der Waals surface area contributed by atoms with E-state index < -0.39 is 17.9 Å². The average molecular weight is 454 g/mol. The van der Waals surface area contributed by atoms with E-state index in [0.717, 1.165) is 6.08 Å². The number of carbonyl (C=O) groups is 3. The number of esters is 3. The minimum absolute atomic E-state index is 0.142. The van der Waals surface area contributed by atoms with Gasteiger partial charge in [0, 0.05) is 11.6 Å². The monoisotopic (exact) mass is 454 g/mol. The van der Waals surface area contributed by atoms with Gasteiger partial charge in [-0.25, -0.2) is 14.4 Å². The topological polar surface area (TPSA) is 97.4 Å². The fraction of sp³-hybridized carbons (Fsp3) is 0.240. The Bertz CT molecular complexity index is 1010. The molecule has 0 heterocycles. The van der Waals surface area contributed by atoms with Crippen LogP contribution in [-0.4, -0.2) is 44.3 Å². The van der Waals surface area contributed by atoms with Gasteiger partial charge in [0.2, 0.25) is 0 Å². The second-order valence-electron chi connectivity index (χ2n) is 6.84. The zero-order valence-corrected chi connectivity index (χ0v) is 18.6. The molecule has 0 spiro atoms. The minimum atomic E-state index is -0.529. The van der Waals surface area contributed by atoms with Crippen molar-refractivity contribution in [3.8, 4) is 17.2 Å². The maximum absolute atomic E-state index is 12.5. The third-order valence-electron chi connectivity index (χ3n) is 4.15. The SMILES string of the molecule is C=CC(=O)OCCOCCOc1ccc(C(=O)Oc2ccc(OC(=O)C(=C)C)cc2)c(C)c1. The summed E-state index contributed by atoms with van der Waals surface area (Å²) in [6.07, 6.45) is 1.09. The number of carbonyl (C=O) groups excluding carboxylic acids is 3. The predicted molar refractivity (Wildman–Crippen MR) is 120 cm³/mol. The van der Waals surface area contributed by atoms with Crippen molar-refractivity contribution < 1.29 is 38.1 Å². The fourth-order valence-electron chi connectivity index (χ4n) is 2.47. The van der Waals surface area contributed by atoms with Crippen molar-refractivity contribution in [1.29, 1.82) is 0 Å². The van der Waals surface area contributed by atoms with Crippen molar-refractivity contribution in [2.24, 2.45) is 0 Å². The van der Waals surface area contributed by atoms with Gasteiger partial charge in [0.1, 0.15) is 30.5 Å². The largest absolute Gasteiger partial charge is 0.491 e. The highest BCUT2D eigenvalue weighted by Crippen LogP contribution is 2.22. The molecule has 174 valence electrons. The van der Waals surface area contributed by atoms with Crippen LogP contribution in [0.1, 0.15) is 22.8 Å². The van der Waals surface area contributed by atoms with E-state index in [0.29, 0.717) is 41.6 Å². The van der Waals surface area contributed by atoms with E-state index >= 15 is 0 Å². The van der Waals surface area contributed by atoms with E-state index in [2.05, 4.69) is 13.2 Å². The summed E-state index contributed by atoms with van der Waals surface area (Å²) in [7, 11) is 0. The summed E-state index contributed by atoms with van der Waals surface area (Å²) < 4.78 is 26.2. The third-order valence-corrected chi connectivity index (χ3v) is 4.15. The lowest BCUT2D eigenvalue weighted by Crippen LogP contribution is -2.13. The number of hydrogen-bond donors (Lipinski definition) is 0. The zero-order chi connectivity index (χ0) is 24.2. The quantitative estimate of drug-likeness (QED) is 0.207. The van der Waals surface area contributed by atoms with Crippen molar-refractivity contribution in [2.45, 2.75) is 13.8 Å². The van der Waals surface area contributed by atoms with E-state index in [1.165, 1.54) is 24.3 Å². The summed E-state index contributed by atoms with van der Waals surface area (Å²) in [4.78, 5) is 34.9. The van der Waals surface area contributed by atoms with Crippen molar-refractivity contribution >= 4 is 17.9 Å². The molecule has 0 atom stereocenters. The first kappa shape index (κ1) is 25.4. The molecule has 2 aromatic rings. The fourth-order valence-corrected chi connectivity index (χ4v) is 2.47. The lowest BCUT2D eigenvalue weighted by molar-refractivity contribution is -0.139. The van der Waals surface area contributed by atoms with Gasteiger partial charge in [-0.1, -0.05) is 13.2 Å². The second-order valence-corrected chi connectivity index (χ2v) is 6.84. The van der Waals surface area contributed by atoms with Crippen LogP contribution in [0.4, 0.5) is 0 Å². The molecule has 0 saturated heterocycles. The van der Waals surface area contributed by atoms with Crippen LogP contribution in [0.25, 0.3) is 0 Å². The highest BCUT2D eigenvalue weighted by atomic mass is 16.6. The van der Waals surface area contributed by atoms with Crippen LogP contribution >= 0.6 is 0 Å². The number of benzene rings is 2. The molecule has 0 radical (unpaired) electrons. The maximum atomic E-state index is 12.5. The van der Waals surface area contributed by atoms with Crippen LogP contribution in [0.5, 0.6) is 17.2 Å². The standard InChI is InChI=1S/C25H26O8/c1-5-23(26)31-15-13-29-12-14-30-21-10-11-22(18(4)16-21)25(28)33-20-8-6-19(7-9-20)32-24(27)17(2)3/h5-11,16H,1-2,12-15H2,3-4H3. The summed E-state index contributed by atoms with van der Waals surface area (Å²) in [5, 5.41) is 0. The van der Waals surface area contributed by atoms with Crippen molar-refractivity contribution in [2.75, 3.05) is 26.4 Å². The van der Waals surface area contributed by atoms with Crippen LogP contribution in [0, 0.1) is 6.92 Å². The zero-order valence-electron chi connectivity index (χ0n) is 18.6. The Kier molecular flexibility index (Phi) is 9.85. The van der Waals surface area contributed by atoms with E-state index in [4.69, 9.17) is 23.7 Å². The van der Waals surface area contributed by atoms with Crippen molar-refractivity contribution in [3.05, 3.63) is 78.4 Å². The van der Waals surface area contributed by atoms with Gasteiger partial charge < -0.3 is 23.7 Å². The highest BCUT2D eigenvalue weighted by molar-refractivity contribution is 5.93. The van der Waals surface area contributed by atoms with E-state index in [9.17, 15) is 14.4 Å². The first-order chi connectivity index (χ1) is 15.8. The molecule has 0 aromatic heterocycles. The van der Waals surface area contributed by atoms with Crippen LogP contribution in [0.2, 0.25) is 0 Å². The summed E-state index contributed by atoms with van der Waals surface area (Å²) in [6, 6.07) is 11.1. The lowest BCUT2D eigenvalue weighted by Gasteiger charge is -2.11. The van der Waals surface area contributed by atoms with Crippen molar-refractivity contribution in [3.63, 3.8) is 0 Å². The van der Waals surface area contributed by atoms with Crippen LogP contribution < -0.4 is 14.2 Å². The Morgan fingerprint density at radius 1 is 0.879 bits per heavy atom. The number of hydrogen-bond acceptors (Lipinski definition) is 8. The van der Waals surface area contributed by atoms with Gasteiger partial charge in [0.15, 0.2) is 0 Å². The molecular formula is C25H26O8. The van der Waals surface area contributed by atoms with Gasteiger partial charge in [0.25, 0.3) is 0 Å². The molecule has 0 fully saturated rings. The second kappa shape index (κ2) is 12.8. The van der Waals surface area contributed by atoms with Gasteiger partial charge in [-0.2, -0.15) is 0 Å². The molecule has 33 heavy (non-hydrogen) atoms. The number of rotatable bonds is 12. The Morgan fingerprint density at radius 2 is 1.48 bits per heavy atom. The molecule has 8 heteroatoms. The molecule has 0 N–H and O–H groups in total.